The van der Waals surface area contributed by atoms with Gasteiger partial charge in [0.25, 0.3) is 0 Å². The van der Waals surface area contributed by atoms with E-state index in [0.29, 0.717) is 12.3 Å². The Bertz CT molecular complexity index is 470. The number of rotatable bonds is 5. The summed E-state index contributed by atoms with van der Waals surface area (Å²) in [7, 11) is 0. The maximum absolute atomic E-state index is 12.0. The fourth-order valence-corrected chi connectivity index (χ4v) is 3.82. The van der Waals surface area contributed by atoms with Crippen molar-refractivity contribution >= 4 is 5.91 Å². The van der Waals surface area contributed by atoms with Gasteiger partial charge in [0.15, 0.2) is 0 Å². The van der Waals surface area contributed by atoms with E-state index in [1.54, 1.807) is 12.4 Å². The van der Waals surface area contributed by atoms with Crippen LogP contribution < -0.4 is 5.32 Å². The molecule has 4 nitrogen and oxygen atoms in total. The fraction of sp³-hybridized carbons (Fsp3) is 0.667. The van der Waals surface area contributed by atoms with Gasteiger partial charge < -0.3 is 10.2 Å². The van der Waals surface area contributed by atoms with E-state index < -0.39 is 0 Å². The number of carbonyl (C=O) groups is 1. The number of likely N-dealkylation sites (tertiary alicyclic amines) is 1. The number of hydrogen-bond acceptors (Lipinski definition) is 3. The standard InChI is InChI=1S/C18H27N3O/c22-18(11-15-5-4-9-19-12-15)20-13-16-8-10-21(14-16)17-6-2-1-3-7-17/h4-5,9,12,16-17H,1-3,6-8,10-11,13-14H2,(H,20,22)/t16-/m1/s1. The lowest BCUT2D eigenvalue weighted by Crippen LogP contribution is -2.36. The third kappa shape index (κ3) is 4.29. The Morgan fingerprint density at radius 3 is 2.91 bits per heavy atom. The third-order valence-electron chi connectivity index (χ3n) is 5.08. The van der Waals surface area contributed by atoms with Crippen LogP contribution in [0.25, 0.3) is 0 Å². The second-order valence-electron chi connectivity index (χ2n) is 6.78. The van der Waals surface area contributed by atoms with Crippen molar-refractivity contribution in [2.24, 2.45) is 5.92 Å². The quantitative estimate of drug-likeness (QED) is 0.908. The molecule has 2 fully saturated rings. The van der Waals surface area contributed by atoms with Crippen molar-refractivity contribution < 1.29 is 4.79 Å². The van der Waals surface area contributed by atoms with E-state index in [-0.39, 0.29) is 5.91 Å². The minimum atomic E-state index is 0.115. The number of nitrogens with zero attached hydrogens (tertiary/aromatic N) is 2. The molecule has 4 heteroatoms. The van der Waals surface area contributed by atoms with Crippen LogP contribution in [-0.4, -0.2) is 41.5 Å². The number of hydrogen-bond donors (Lipinski definition) is 1. The molecule has 120 valence electrons. The van der Waals surface area contributed by atoms with E-state index in [1.165, 1.54) is 45.1 Å². The van der Waals surface area contributed by atoms with Crippen LogP contribution in [0.15, 0.2) is 24.5 Å². The van der Waals surface area contributed by atoms with Crippen LogP contribution in [0.1, 0.15) is 44.1 Å². The van der Waals surface area contributed by atoms with E-state index in [2.05, 4.69) is 15.2 Å². The topological polar surface area (TPSA) is 45.2 Å². The Hall–Kier alpha value is -1.42. The van der Waals surface area contributed by atoms with Crippen molar-refractivity contribution in [1.29, 1.82) is 0 Å². The van der Waals surface area contributed by atoms with Gasteiger partial charge >= 0.3 is 0 Å². The molecular formula is C18H27N3O. The molecule has 1 saturated carbocycles. The summed E-state index contributed by atoms with van der Waals surface area (Å²) in [4.78, 5) is 18.7. The number of aromatic nitrogens is 1. The molecule has 2 aliphatic rings. The highest BCUT2D eigenvalue weighted by molar-refractivity contribution is 5.78. The van der Waals surface area contributed by atoms with E-state index in [0.717, 1.165) is 24.7 Å². The fourth-order valence-electron chi connectivity index (χ4n) is 3.82. The Morgan fingerprint density at radius 1 is 1.27 bits per heavy atom. The van der Waals surface area contributed by atoms with Crippen molar-refractivity contribution in [1.82, 2.24) is 15.2 Å². The van der Waals surface area contributed by atoms with Gasteiger partial charge in [-0.05, 0) is 43.4 Å². The molecule has 3 rings (SSSR count). The van der Waals surface area contributed by atoms with Gasteiger partial charge in [0.05, 0.1) is 6.42 Å². The predicted molar refractivity (Wildman–Crippen MR) is 87.5 cm³/mol. The van der Waals surface area contributed by atoms with Crippen molar-refractivity contribution in [3.8, 4) is 0 Å². The Labute approximate surface area is 133 Å². The second kappa shape index (κ2) is 7.73. The molecule has 1 aromatic rings. The highest BCUT2D eigenvalue weighted by Crippen LogP contribution is 2.27. The number of pyridine rings is 1. The normalized spacial score (nSPS) is 23.5. The SMILES string of the molecule is O=C(Cc1cccnc1)NC[C@H]1CCN(C2CCCCC2)C1. The highest BCUT2D eigenvalue weighted by atomic mass is 16.1. The molecule has 1 atom stereocenters. The van der Waals surface area contributed by atoms with Gasteiger partial charge in [-0.25, -0.2) is 0 Å². The Morgan fingerprint density at radius 2 is 2.14 bits per heavy atom. The first-order valence-electron chi connectivity index (χ1n) is 8.71. The number of carbonyl (C=O) groups excluding carboxylic acids is 1. The molecule has 0 bridgehead atoms. The van der Waals surface area contributed by atoms with Crippen LogP contribution in [0.2, 0.25) is 0 Å². The summed E-state index contributed by atoms with van der Waals surface area (Å²) in [6, 6.07) is 4.64. The van der Waals surface area contributed by atoms with Gasteiger partial charge in [0.1, 0.15) is 0 Å². The van der Waals surface area contributed by atoms with Gasteiger partial charge in [-0.15, -0.1) is 0 Å². The summed E-state index contributed by atoms with van der Waals surface area (Å²) >= 11 is 0. The summed E-state index contributed by atoms with van der Waals surface area (Å²) in [5.41, 5.74) is 0.982. The zero-order valence-corrected chi connectivity index (χ0v) is 13.3. The number of nitrogens with one attached hydrogen (secondary N) is 1. The van der Waals surface area contributed by atoms with Crippen LogP contribution in [0.3, 0.4) is 0 Å². The van der Waals surface area contributed by atoms with Crippen LogP contribution in [0.5, 0.6) is 0 Å². The largest absolute Gasteiger partial charge is 0.355 e. The summed E-state index contributed by atoms with van der Waals surface area (Å²) < 4.78 is 0. The average Bonchev–Trinajstić information content (AvgIpc) is 3.04. The lowest BCUT2D eigenvalue weighted by molar-refractivity contribution is -0.120. The van der Waals surface area contributed by atoms with Gasteiger partial charge in [-0.1, -0.05) is 25.3 Å². The third-order valence-corrected chi connectivity index (χ3v) is 5.08. The molecule has 22 heavy (non-hydrogen) atoms. The molecule has 0 spiro atoms. The molecule has 1 aliphatic carbocycles. The molecule has 1 N–H and O–H groups in total. The van der Waals surface area contributed by atoms with Crippen LogP contribution >= 0.6 is 0 Å². The molecule has 1 saturated heterocycles. The molecule has 1 amide bonds. The molecular weight excluding hydrogens is 274 g/mol. The Kier molecular flexibility index (Phi) is 5.43. The maximum atomic E-state index is 12.0. The van der Waals surface area contributed by atoms with E-state index in [9.17, 15) is 4.79 Å². The molecule has 2 heterocycles. The van der Waals surface area contributed by atoms with Crippen LogP contribution in [0, 0.1) is 5.92 Å². The summed E-state index contributed by atoms with van der Waals surface area (Å²) in [5.74, 6) is 0.740. The zero-order valence-electron chi connectivity index (χ0n) is 13.3. The Balaban J connectivity index is 1.38. The molecule has 0 aromatic carbocycles. The first-order valence-corrected chi connectivity index (χ1v) is 8.71. The van der Waals surface area contributed by atoms with Crippen molar-refractivity contribution in [2.45, 2.75) is 51.0 Å². The van der Waals surface area contributed by atoms with Crippen molar-refractivity contribution in [3.63, 3.8) is 0 Å². The first kappa shape index (κ1) is 15.5. The van der Waals surface area contributed by atoms with Gasteiger partial charge in [0, 0.05) is 31.5 Å². The van der Waals surface area contributed by atoms with Gasteiger partial charge in [-0.3, -0.25) is 9.78 Å². The number of amides is 1. The first-order chi connectivity index (χ1) is 10.8. The lowest BCUT2D eigenvalue weighted by atomic mass is 9.94. The van der Waals surface area contributed by atoms with Crippen molar-refractivity contribution in [3.05, 3.63) is 30.1 Å². The molecule has 0 unspecified atom stereocenters. The van der Waals surface area contributed by atoms with E-state index >= 15 is 0 Å². The lowest BCUT2D eigenvalue weighted by Gasteiger charge is -2.31. The minimum Gasteiger partial charge on any atom is -0.355 e. The van der Waals surface area contributed by atoms with Crippen LogP contribution in [0.4, 0.5) is 0 Å². The van der Waals surface area contributed by atoms with Crippen LogP contribution in [-0.2, 0) is 11.2 Å². The van der Waals surface area contributed by atoms with E-state index in [4.69, 9.17) is 0 Å². The summed E-state index contributed by atoms with van der Waals surface area (Å²) in [6.45, 7) is 3.20. The molecule has 0 radical (unpaired) electrons. The summed E-state index contributed by atoms with van der Waals surface area (Å²) in [6.07, 6.45) is 12.1. The predicted octanol–water partition coefficient (Wildman–Crippen LogP) is 2.39. The molecule has 1 aromatic heterocycles. The van der Waals surface area contributed by atoms with Gasteiger partial charge in [0.2, 0.25) is 5.91 Å². The minimum absolute atomic E-state index is 0.115. The second-order valence-corrected chi connectivity index (χ2v) is 6.78. The summed E-state index contributed by atoms with van der Waals surface area (Å²) in [5, 5.41) is 3.10. The average molecular weight is 301 g/mol. The van der Waals surface area contributed by atoms with Crippen molar-refractivity contribution in [2.75, 3.05) is 19.6 Å². The van der Waals surface area contributed by atoms with Gasteiger partial charge in [-0.2, -0.15) is 0 Å². The maximum Gasteiger partial charge on any atom is 0.224 e. The zero-order chi connectivity index (χ0) is 15.2. The smallest absolute Gasteiger partial charge is 0.224 e. The monoisotopic (exact) mass is 301 g/mol. The molecule has 1 aliphatic heterocycles. The highest BCUT2D eigenvalue weighted by Gasteiger charge is 2.29. The van der Waals surface area contributed by atoms with E-state index in [1.807, 2.05) is 12.1 Å².